The molecule has 0 aromatic heterocycles. The maximum atomic E-state index is 11.0. The van der Waals surface area contributed by atoms with Gasteiger partial charge in [-0.25, -0.2) is 5.11 Å². The first-order valence-electron chi connectivity index (χ1n) is 9.98. The summed E-state index contributed by atoms with van der Waals surface area (Å²) in [6.07, 6.45) is 8.71. The summed E-state index contributed by atoms with van der Waals surface area (Å²) in [5.74, 6) is 0.915. The second-order valence-electron chi connectivity index (χ2n) is 7.04. The van der Waals surface area contributed by atoms with Crippen LogP contribution in [0.2, 0.25) is 0 Å². The highest BCUT2D eigenvalue weighted by atomic mass is 16.5. The van der Waals surface area contributed by atoms with E-state index in [2.05, 4.69) is 55.5 Å². The largest absolute Gasteiger partial charge is 0.490 e. The van der Waals surface area contributed by atoms with E-state index >= 15 is 0 Å². The average Bonchev–Trinajstić information content (AvgIpc) is 2.68. The van der Waals surface area contributed by atoms with Gasteiger partial charge in [0.25, 0.3) is 0 Å². The van der Waals surface area contributed by atoms with Crippen LogP contribution in [0.3, 0.4) is 0 Å². The maximum Gasteiger partial charge on any atom is 0.130 e. The zero-order chi connectivity index (χ0) is 18.2. The molecule has 0 unspecified atom stereocenters. The van der Waals surface area contributed by atoms with E-state index in [0.29, 0.717) is 0 Å². The molecule has 0 aliphatic rings. The van der Waals surface area contributed by atoms with Crippen LogP contribution < -0.4 is 4.74 Å². The van der Waals surface area contributed by atoms with Crippen LogP contribution in [-0.4, -0.2) is 13.2 Å². The lowest BCUT2D eigenvalue weighted by Crippen LogP contribution is -2.04. The standard InChI is InChI=1S/C24H29O2/c1-2-3-4-5-6-7-10-19-13-14-22-17-20-11-8-9-12-21(20)18-23(22)24(19)26-16-15-25/h8-9,11-14,17-18H,2-7,10,15-16H2,1H3. The molecule has 137 valence electrons. The first-order chi connectivity index (χ1) is 12.8. The Morgan fingerprint density at radius 3 is 2.31 bits per heavy atom. The molecule has 0 spiro atoms. The van der Waals surface area contributed by atoms with Crippen molar-refractivity contribution in [3.8, 4) is 5.75 Å². The third kappa shape index (κ3) is 4.56. The summed E-state index contributed by atoms with van der Waals surface area (Å²) in [4.78, 5) is 0. The molecule has 0 atom stereocenters. The lowest BCUT2D eigenvalue weighted by Gasteiger charge is -2.15. The van der Waals surface area contributed by atoms with E-state index in [9.17, 15) is 5.11 Å². The Balaban J connectivity index is 1.85. The highest BCUT2D eigenvalue weighted by molar-refractivity contribution is 6.01. The fourth-order valence-corrected chi connectivity index (χ4v) is 3.64. The molecule has 0 aliphatic heterocycles. The number of unbranched alkanes of at least 4 members (excludes halogenated alkanes) is 5. The molecule has 1 radical (unpaired) electrons. The summed E-state index contributed by atoms with van der Waals surface area (Å²) in [6, 6.07) is 17.2. The third-order valence-electron chi connectivity index (χ3n) is 5.05. The maximum absolute atomic E-state index is 11.0. The first kappa shape index (κ1) is 18.7. The lowest BCUT2D eigenvalue weighted by atomic mass is 9.97. The quantitative estimate of drug-likeness (QED) is 0.295. The van der Waals surface area contributed by atoms with E-state index < -0.39 is 0 Å². The van der Waals surface area contributed by atoms with Crippen molar-refractivity contribution in [2.24, 2.45) is 0 Å². The van der Waals surface area contributed by atoms with E-state index in [-0.39, 0.29) is 13.2 Å². The molecule has 0 bridgehead atoms. The van der Waals surface area contributed by atoms with Gasteiger partial charge in [-0.1, -0.05) is 75.4 Å². The molecule has 3 aromatic carbocycles. The van der Waals surface area contributed by atoms with Crippen molar-refractivity contribution in [2.75, 3.05) is 13.2 Å². The predicted octanol–water partition coefficient (Wildman–Crippen LogP) is 6.71. The van der Waals surface area contributed by atoms with E-state index in [1.54, 1.807) is 0 Å². The zero-order valence-electron chi connectivity index (χ0n) is 15.8. The summed E-state index contributed by atoms with van der Waals surface area (Å²) >= 11 is 0. The van der Waals surface area contributed by atoms with Crippen LogP contribution in [0.1, 0.15) is 51.0 Å². The van der Waals surface area contributed by atoms with Crippen molar-refractivity contribution in [1.29, 1.82) is 0 Å². The van der Waals surface area contributed by atoms with Gasteiger partial charge in [-0.2, -0.15) is 0 Å². The molecule has 0 fully saturated rings. The molecular weight excluding hydrogens is 320 g/mol. The summed E-state index contributed by atoms with van der Waals surface area (Å²) in [6.45, 7) is 2.27. The molecule has 3 rings (SSSR count). The minimum Gasteiger partial charge on any atom is -0.490 e. The number of fused-ring (bicyclic) bond motifs is 2. The van der Waals surface area contributed by atoms with Gasteiger partial charge in [-0.15, -0.1) is 0 Å². The Kier molecular flexibility index (Phi) is 6.90. The Labute approximate surface area is 156 Å². The van der Waals surface area contributed by atoms with Gasteiger partial charge in [-0.3, -0.25) is 0 Å². The second-order valence-corrected chi connectivity index (χ2v) is 7.04. The molecule has 2 heteroatoms. The Morgan fingerprint density at radius 2 is 1.54 bits per heavy atom. The molecular formula is C24H29O2. The number of ether oxygens (including phenoxy) is 1. The van der Waals surface area contributed by atoms with Gasteiger partial charge >= 0.3 is 0 Å². The van der Waals surface area contributed by atoms with Crippen molar-refractivity contribution >= 4 is 21.5 Å². The summed E-state index contributed by atoms with van der Waals surface area (Å²) in [5.41, 5.74) is 1.23. The number of rotatable bonds is 10. The third-order valence-corrected chi connectivity index (χ3v) is 5.05. The first-order valence-corrected chi connectivity index (χ1v) is 9.98. The van der Waals surface area contributed by atoms with Crippen LogP contribution in [0, 0.1) is 0 Å². The van der Waals surface area contributed by atoms with Gasteiger partial charge in [0.05, 0.1) is 0 Å². The molecule has 3 aromatic rings. The van der Waals surface area contributed by atoms with Gasteiger partial charge < -0.3 is 4.74 Å². The fraction of sp³-hybridized carbons (Fsp3) is 0.417. The van der Waals surface area contributed by atoms with Gasteiger partial charge in [-0.05, 0) is 46.7 Å². The second kappa shape index (κ2) is 9.59. The number of hydrogen-bond donors (Lipinski definition) is 0. The van der Waals surface area contributed by atoms with Gasteiger partial charge in [0.15, 0.2) is 0 Å². The molecule has 0 N–H and O–H groups in total. The van der Waals surface area contributed by atoms with Crippen molar-refractivity contribution in [1.82, 2.24) is 0 Å². The number of benzene rings is 3. The average molecular weight is 349 g/mol. The predicted molar refractivity (Wildman–Crippen MR) is 110 cm³/mol. The van der Waals surface area contributed by atoms with Crippen LogP contribution in [0.15, 0.2) is 48.5 Å². The highest BCUT2D eigenvalue weighted by Crippen LogP contribution is 2.34. The molecule has 2 nitrogen and oxygen atoms in total. The van der Waals surface area contributed by atoms with Crippen molar-refractivity contribution in [3.05, 3.63) is 54.1 Å². The van der Waals surface area contributed by atoms with E-state index in [4.69, 9.17) is 4.74 Å². The normalized spacial score (nSPS) is 11.3. The lowest BCUT2D eigenvalue weighted by molar-refractivity contribution is 0.138. The van der Waals surface area contributed by atoms with Crippen molar-refractivity contribution < 1.29 is 9.84 Å². The zero-order valence-corrected chi connectivity index (χ0v) is 15.8. The van der Waals surface area contributed by atoms with Crippen LogP contribution >= 0.6 is 0 Å². The minimum absolute atomic E-state index is 0.208. The van der Waals surface area contributed by atoms with Gasteiger partial charge in [0.2, 0.25) is 0 Å². The Bertz CT molecular complexity index is 838. The minimum atomic E-state index is -0.208. The number of aryl methyl sites for hydroxylation is 1. The monoisotopic (exact) mass is 349 g/mol. The van der Waals surface area contributed by atoms with Crippen molar-refractivity contribution in [2.45, 2.75) is 51.9 Å². The summed E-state index contributed by atoms with van der Waals surface area (Å²) < 4.78 is 5.93. The SMILES string of the molecule is CCCCCCCCc1ccc2cc3ccccc3cc2c1OCC[O]. The molecule has 26 heavy (non-hydrogen) atoms. The fourth-order valence-electron chi connectivity index (χ4n) is 3.64. The van der Waals surface area contributed by atoms with Gasteiger partial charge in [0, 0.05) is 5.39 Å². The highest BCUT2D eigenvalue weighted by Gasteiger charge is 2.10. The summed E-state index contributed by atoms with van der Waals surface area (Å²) in [7, 11) is 0. The van der Waals surface area contributed by atoms with E-state index in [1.807, 2.05) is 0 Å². The Morgan fingerprint density at radius 1 is 0.808 bits per heavy atom. The van der Waals surface area contributed by atoms with Crippen molar-refractivity contribution in [3.63, 3.8) is 0 Å². The van der Waals surface area contributed by atoms with Crippen LogP contribution in [0.25, 0.3) is 21.5 Å². The summed E-state index contributed by atoms with van der Waals surface area (Å²) in [5, 5.41) is 15.7. The Hall–Kier alpha value is -2.06. The van der Waals surface area contributed by atoms with Crippen LogP contribution in [0.4, 0.5) is 0 Å². The molecule has 0 saturated heterocycles. The van der Waals surface area contributed by atoms with Crippen LogP contribution in [0.5, 0.6) is 5.75 Å². The van der Waals surface area contributed by atoms with E-state index in [1.165, 1.54) is 60.2 Å². The topological polar surface area (TPSA) is 29.1 Å². The molecule has 0 saturated carbocycles. The van der Waals surface area contributed by atoms with Crippen LogP contribution in [-0.2, 0) is 11.5 Å². The molecule has 0 aliphatic carbocycles. The van der Waals surface area contributed by atoms with Gasteiger partial charge in [0.1, 0.15) is 19.0 Å². The molecule has 0 amide bonds. The smallest absolute Gasteiger partial charge is 0.130 e. The van der Waals surface area contributed by atoms with E-state index in [0.717, 1.165) is 17.6 Å². The number of hydrogen-bond acceptors (Lipinski definition) is 1. The molecule has 0 heterocycles.